The fraction of sp³-hybridized carbons (Fsp3) is 0.0909. The van der Waals surface area contributed by atoms with Crippen LogP contribution < -0.4 is 4.72 Å². The Bertz CT molecular complexity index is 1530. The highest BCUT2D eigenvalue weighted by Gasteiger charge is 2.32. The second-order valence-corrected chi connectivity index (χ2v) is 11.4. The van der Waals surface area contributed by atoms with E-state index in [2.05, 4.69) is 4.72 Å². The molecule has 0 radical (unpaired) electrons. The Morgan fingerprint density at radius 1 is 0.844 bits per heavy atom. The molecule has 10 heteroatoms. The molecule has 0 bridgehead atoms. The maximum absolute atomic E-state index is 13.5. The third kappa shape index (κ3) is 4.04. The Balaban J connectivity index is 1.87. The molecule has 4 rings (SSSR count). The quantitative estimate of drug-likeness (QED) is 0.398. The number of aryl methyl sites for hydroxylation is 1. The van der Waals surface area contributed by atoms with Crippen LogP contribution in [0.3, 0.4) is 0 Å². The molecule has 3 aromatic carbocycles. The van der Waals surface area contributed by atoms with E-state index in [-0.39, 0.29) is 22.0 Å². The van der Waals surface area contributed by atoms with Gasteiger partial charge in [0.1, 0.15) is 0 Å². The molecule has 1 heterocycles. The van der Waals surface area contributed by atoms with Crippen LogP contribution in [0.4, 0.5) is 0 Å². The van der Waals surface area contributed by atoms with Crippen molar-refractivity contribution in [1.29, 1.82) is 0 Å². The van der Waals surface area contributed by atoms with Gasteiger partial charge in [-0.25, -0.2) is 25.5 Å². The van der Waals surface area contributed by atoms with Crippen molar-refractivity contribution >= 4 is 54.2 Å². The van der Waals surface area contributed by atoms with Gasteiger partial charge in [-0.3, -0.25) is 0 Å². The van der Waals surface area contributed by atoms with E-state index in [0.717, 1.165) is 3.97 Å². The number of hydrogen-bond acceptors (Lipinski definition) is 4. The summed E-state index contributed by atoms with van der Waals surface area (Å²) in [5.41, 5.74) is 1.19. The van der Waals surface area contributed by atoms with Crippen LogP contribution >= 0.6 is 23.2 Å². The van der Waals surface area contributed by atoms with Crippen molar-refractivity contribution in [1.82, 2.24) is 8.69 Å². The van der Waals surface area contributed by atoms with Crippen molar-refractivity contribution in [3.8, 4) is 0 Å². The zero-order valence-electron chi connectivity index (χ0n) is 16.8. The van der Waals surface area contributed by atoms with Crippen LogP contribution in [0.25, 0.3) is 10.9 Å². The summed E-state index contributed by atoms with van der Waals surface area (Å²) in [6, 6.07) is 19.1. The molecule has 166 valence electrons. The number of para-hydroxylation sites is 1. The van der Waals surface area contributed by atoms with E-state index in [9.17, 15) is 16.8 Å². The van der Waals surface area contributed by atoms with Crippen LogP contribution in [0.5, 0.6) is 0 Å². The van der Waals surface area contributed by atoms with Crippen LogP contribution in [0.1, 0.15) is 11.1 Å². The second kappa shape index (κ2) is 8.53. The van der Waals surface area contributed by atoms with E-state index in [1.807, 2.05) is 0 Å². The van der Waals surface area contributed by atoms with Gasteiger partial charge in [0.2, 0.25) is 0 Å². The number of halogens is 2. The van der Waals surface area contributed by atoms with E-state index in [4.69, 9.17) is 23.2 Å². The summed E-state index contributed by atoms with van der Waals surface area (Å²) in [4.78, 5) is -0.0123. The van der Waals surface area contributed by atoms with Gasteiger partial charge in [0, 0.05) is 11.9 Å². The largest absolute Gasteiger partial charge is 0.269 e. The van der Waals surface area contributed by atoms with Crippen LogP contribution in [0, 0.1) is 6.92 Å². The number of hydrogen-bond donors (Lipinski definition) is 1. The molecule has 0 spiro atoms. The summed E-state index contributed by atoms with van der Waals surface area (Å²) in [6.07, 6.45) is 0. The normalized spacial score (nSPS) is 12.3. The molecule has 0 saturated heterocycles. The third-order valence-electron chi connectivity index (χ3n) is 5.02. The summed E-state index contributed by atoms with van der Waals surface area (Å²) in [6.45, 7) is 1.50. The highest BCUT2D eigenvalue weighted by atomic mass is 35.5. The molecule has 1 N–H and O–H groups in total. The molecule has 0 aliphatic heterocycles. The number of benzene rings is 3. The van der Waals surface area contributed by atoms with Gasteiger partial charge in [-0.05, 0) is 48.4 Å². The summed E-state index contributed by atoms with van der Waals surface area (Å²) >= 11 is 11.9. The van der Waals surface area contributed by atoms with Gasteiger partial charge in [-0.2, -0.15) is 0 Å². The molecule has 4 aromatic rings. The van der Waals surface area contributed by atoms with Crippen molar-refractivity contribution in [3.05, 3.63) is 94.0 Å². The van der Waals surface area contributed by atoms with Crippen LogP contribution in [-0.2, 0) is 26.6 Å². The van der Waals surface area contributed by atoms with E-state index < -0.39 is 20.0 Å². The zero-order valence-corrected chi connectivity index (χ0v) is 19.9. The van der Waals surface area contributed by atoms with Gasteiger partial charge < -0.3 is 0 Å². The van der Waals surface area contributed by atoms with Gasteiger partial charge >= 0.3 is 0 Å². The number of aromatic nitrogens is 1. The lowest BCUT2D eigenvalue weighted by molar-refractivity contribution is 0.565. The Morgan fingerprint density at radius 3 is 2.19 bits per heavy atom. The molecule has 32 heavy (non-hydrogen) atoms. The van der Waals surface area contributed by atoms with Crippen molar-refractivity contribution < 1.29 is 16.8 Å². The smallest absolute Gasteiger partial charge is 0.221 e. The minimum absolute atomic E-state index is 0.0123. The first-order valence-electron chi connectivity index (χ1n) is 9.47. The number of nitrogens with one attached hydrogen (secondary N) is 1. The number of nitrogens with zero attached hydrogens (tertiary/aromatic N) is 1. The summed E-state index contributed by atoms with van der Waals surface area (Å²) < 4.78 is 57.2. The molecule has 1 aromatic heterocycles. The Labute approximate surface area is 196 Å². The number of fused-ring (bicyclic) bond motifs is 1. The van der Waals surface area contributed by atoms with Gasteiger partial charge in [0.25, 0.3) is 20.0 Å². The third-order valence-corrected chi connectivity index (χ3v) is 9.12. The van der Waals surface area contributed by atoms with E-state index in [0.29, 0.717) is 26.6 Å². The molecule has 6 nitrogen and oxygen atoms in total. The summed E-state index contributed by atoms with van der Waals surface area (Å²) in [5, 5.41) is 0.841. The molecule has 0 aliphatic carbocycles. The maximum atomic E-state index is 13.5. The van der Waals surface area contributed by atoms with E-state index in [1.165, 1.54) is 12.1 Å². The Hall–Kier alpha value is -2.36. The lowest BCUT2D eigenvalue weighted by Crippen LogP contribution is -2.28. The monoisotopic (exact) mass is 508 g/mol. The average molecular weight is 509 g/mol. The van der Waals surface area contributed by atoms with Crippen molar-refractivity contribution in [2.24, 2.45) is 0 Å². The Morgan fingerprint density at radius 2 is 1.50 bits per heavy atom. The Kier molecular flexibility index (Phi) is 6.08. The first kappa shape index (κ1) is 22.8. The van der Waals surface area contributed by atoms with Crippen molar-refractivity contribution in [3.63, 3.8) is 0 Å². The molecule has 0 aliphatic rings. The fourth-order valence-electron chi connectivity index (χ4n) is 3.49. The predicted molar refractivity (Wildman–Crippen MR) is 126 cm³/mol. The van der Waals surface area contributed by atoms with Crippen molar-refractivity contribution in [2.45, 2.75) is 23.4 Å². The molecule has 0 amide bonds. The van der Waals surface area contributed by atoms with Crippen LogP contribution in [0.15, 0.2) is 82.7 Å². The van der Waals surface area contributed by atoms with Crippen LogP contribution in [0.2, 0.25) is 10.0 Å². The van der Waals surface area contributed by atoms with Crippen molar-refractivity contribution in [2.75, 3.05) is 0 Å². The van der Waals surface area contributed by atoms with E-state index >= 15 is 0 Å². The lowest BCUT2D eigenvalue weighted by Gasteiger charge is -2.14. The molecule has 0 fully saturated rings. The second-order valence-electron chi connectivity index (χ2n) is 7.10. The highest BCUT2D eigenvalue weighted by Crippen LogP contribution is 2.33. The maximum Gasteiger partial charge on any atom is 0.269 e. The first-order valence-corrected chi connectivity index (χ1v) is 13.1. The predicted octanol–water partition coefficient (Wildman–Crippen LogP) is 4.97. The first-order chi connectivity index (χ1) is 15.1. The minimum Gasteiger partial charge on any atom is -0.221 e. The topological polar surface area (TPSA) is 85.2 Å². The van der Waals surface area contributed by atoms with Crippen LogP contribution in [-0.4, -0.2) is 20.8 Å². The minimum atomic E-state index is -4.24. The van der Waals surface area contributed by atoms with Gasteiger partial charge in [-0.15, -0.1) is 0 Å². The summed E-state index contributed by atoms with van der Waals surface area (Å²) in [7, 11) is -8.43. The van der Waals surface area contributed by atoms with E-state index in [1.54, 1.807) is 67.6 Å². The molecule has 0 atom stereocenters. The standard InChI is InChI=1S/C22H18Cl2N2O4S2/c1-15-18-9-5-6-10-21(18)26(32(29,30)17-7-3-2-4-8-17)22(15)31(27,28)25-14-16-11-12-19(23)20(24)13-16/h2-13,25H,14H2,1H3. The molecule has 0 unspecified atom stereocenters. The lowest BCUT2D eigenvalue weighted by atomic mass is 10.2. The molecule has 0 saturated carbocycles. The highest BCUT2D eigenvalue weighted by molar-refractivity contribution is 7.92. The number of sulfonamides is 1. The SMILES string of the molecule is Cc1c(S(=O)(=O)NCc2ccc(Cl)c(Cl)c2)n(S(=O)(=O)c2ccccc2)c2ccccc12. The van der Waals surface area contributed by atoms with Gasteiger partial charge in [0.15, 0.2) is 5.03 Å². The number of rotatable bonds is 6. The fourth-order valence-corrected chi connectivity index (χ4v) is 7.21. The zero-order chi connectivity index (χ0) is 23.1. The van der Waals surface area contributed by atoms with Gasteiger partial charge in [-0.1, -0.05) is 65.7 Å². The van der Waals surface area contributed by atoms with Gasteiger partial charge in [0.05, 0.1) is 20.5 Å². The average Bonchev–Trinajstić information content (AvgIpc) is 3.09. The summed E-state index contributed by atoms with van der Waals surface area (Å²) in [5.74, 6) is 0. The molecular weight excluding hydrogens is 491 g/mol. The molecular formula is C22H18Cl2N2O4S2.